The van der Waals surface area contributed by atoms with Crippen LogP contribution in [0.5, 0.6) is 0 Å². The summed E-state index contributed by atoms with van der Waals surface area (Å²) in [5.74, 6) is -2.78. The minimum absolute atomic E-state index is 0. The van der Waals surface area contributed by atoms with E-state index in [1.54, 1.807) is 13.8 Å². The van der Waals surface area contributed by atoms with E-state index in [0.717, 1.165) is 57.8 Å². The normalized spacial score (nSPS) is 10.5. The van der Waals surface area contributed by atoms with Crippen LogP contribution in [-0.2, 0) is 36.8 Å². The summed E-state index contributed by atoms with van der Waals surface area (Å²) in [6, 6.07) is 0. The number of rotatable bonds is 15. The molecule has 0 rings (SSSR count). The van der Waals surface area contributed by atoms with Crippen LogP contribution in [0.1, 0.15) is 172 Å². The van der Waals surface area contributed by atoms with E-state index in [4.69, 9.17) is 10.2 Å². The first-order valence-corrected chi connectivity index (χ1v) is 15.8. The zero-order valence-electron chi connectivity index (χ0n) is 29.7. The summed E-state index contributed by atoms with van der Waals surface area (Å²) in [6.45, 7) is 22.9. The van der Waals surface area contributed by atoms with Crippen molar-refractivity contribution in [2.45, 2.75) is 172 Å². The van der Waals surface area contributed by atoms with Gasteiger partial charge in [-0.05, 0) is 74.0 Å². The SMILES string of the molecule is CC(C)(C)CCCCCC(=O)[O-].CC(C)(C)CCCCCC(=O)[O-].CC(C)(C)CCCCCC(=O)[O-].CC[O-].CC[O-].[Ta+5]. The average molecular weight is 785 g/mol. The van der Waals surface area contributed by atoms with Crippen LogP contribution in [-0.4, -0.2) is 31.1 Å². The van der Waals surface area contributed by atoms with Gasteiger partial charge in [0.15, 0.2) is 0 Å². The molecule has 0 aliphatic carbocycles. The monoisotopic (exact) mass is 784 g/mol. The molecular formula is C34H67O8Ta. The number of carboxylic acids is 3. The van der Waals surface area contributed by atoms with Gasteiger partial charge in [0.25, 0.3) is 0 Å². The molecule has 0 heterocycles. The van der Waals surface area contributed by atoms with Gasteiger partial charge in [-0.3, -0.25) is 0 Å². The fourth-order valence-electron chi connectivity index (χ4n) is 3.30. The molecule has 0 aromatic carbocycles. The molecule has 0 amide bonds. The second-order valence-corrected chi connectivity index (χ2v) is 14.1. The Kier molecular flexibility index (Phi) is 45.1. The van der Waals surface area contributed by atoms with Gasteiger partial charge in [-0.15, -0.1) is 13.2 Å². The molecule has 0 aliphatic rings. The molecule has 43 heavy (non-hydrogen) atoms. The molecule has 0 unspecified atom stereocenters. The number of hydrogen-bond donors (Lipinski definition) is 0. The molecule has 9 heteroatoms. The third-order valence-electron chi connectivity index (χ3n) is 5.42. The average Bonchev–Trinajstić information content (AvgIpc) is 2.77. The standard InChI is InChI=1S/3C10H20O2.2C2H5O.Ta/c3*1-10(2,3)8-6-4-5-7-9(11)12;2*1-2-3;/h3*4-8H2,1-3H3,(H,11,12);2*2H2,1H3;/q;;;2*-1;+5/p-3. The van der Waals surface area contributed by atoms with Crippen LogP contribution in [0.3, 0.4) is 0 Å². The Morgan fingerprint density at radius 3 is 0.698 bits per heavy atom. The van der Waals surface area contributed by atoms with Crippen LogP contribution in [0.2, 0.25) is 0 Å². The van der Waals surface area contributed by atoms with Gasteiger partial charge in [0.1, 0.15) is 0 Å². The smallest absolute Gasteiger partial charge is 0.855 e. The van der Waals surface area contributed by atoms with Crippen LogP contribution in [0, 0.1) is 16.2 Å². The number of carbonyl (C=O) groups is 3. The van der Waals surface area contributed by atoms with E-state index in [2.05, 4.69) is 62.3 Å². The molecule has 0 aliphatic heterocycles. The summed E-state index contributed by atoms with van der Waals surface area (Å²) >= 11 is 0. The molecule has 0 radical (unpaired) electrons. The Morgan fingerprint density at radius 2 is 0.581 bits per heavy atom. The molecule has 0 saturated carbocycles. The van der Waals surface area contributed by atoms with Crippen LogP contribution in [0.4, 0.5) is 0 Å². The van der Waals surface area contributed by atoms with Crippen molar-refractivity contribution >= 4 is 17.9 Å². The van der Waals surface area contributed by atoms with Crippen LogP contribution in [0.25, 0.3) is 0 Å². The number of carbonyl (C=O) groups excluding carboxylic acids is 3. The molecule has 0 spiro atoms. The molecule has 0 saturated heterocycles. The minimum Gasteiger partial charge on any atom is -0.855 e. The van der Waals surface area contributed by atoms with Gasteiger partial charge >= 0.3 is 22.4 Å². The van der Waals surface area contributed by atoms with E-state index >= 15 is 0 Å². The quantitative estimate of drug-likeness (QED) is 0.226. The molecule has 0 aromatic heterocycles. The molecule has 0 bridgehead atoms. The van der Waals surface area contributed by atoms with E-state index in [9.17, 15) is 29.7 Å². The van der Waals surface area contributed by atoms with Crippen molar-refractivity contribution in [2.24, 2.45) is 16.2 Å². The van der Waals surface area contributed by atoms with E-state index < -0.39 is 17.9 Å². The molecule has 0 fully saturated rings. The van der Waals surface area contributed by atoms with Crippen LogP contribution < -0.4 is 25.5 Å². The largest absolute Gasteiger partial charge is 5.00 e. The van der Waals surface area contributed by atoms with Crippen molar-refractivity contribution in [1.82, 2.24) is 0 Å². The first kappa shape index (κ1) is 54.5. The summed E-state index contributed by atoms with van der Waals surface area (Å²) in [7, 11) is 0. The van der Waals surface area contributed by atoms with Gasteiger partial charge in [-0.2, -0.15) is 0 Å². The van der Waals surface area contributed by atoms with Crippen LogP contribution in [0.15, 0.2) is 0 Å². The van der Waals surface area contributed by atoms with Crippen molar-refractivity contribution in [2.75, 3.05) is 13.2 Å². The predicted molar refractivity (Wildman–Crippen MR) is 164 cm³/mol. The maximum Gasteiger partial charge on any atom is 5.00 e. The first-order chi connectivity index (χ1) is 19.1. The molecule has 0 N–H and O–H groups in total. The van der Waals surface area contributed by atoms with Crippen molar-refractivity contribution in [3.8, 4) is 0 Å². The van der Waals surface area contributed by atoms with Crippen molar-refractivity contribution in [1.29, 1.82) is 0 Å². The second-order valence-electron chi connectivity index (χ2n) is 14.1. The topological polar surface area (TPSA) is 167 Å². The third kappa shape index (κ3) is 92.2. The van der Waals surface area contributed by atoms with Gasteiger partial charge < -0.3 is 39.9 Å². The van der Waals surface area contributed by atoms with E-state index in [1.165, 1.54) is 19.3 Å². The van der Waals surface area contributed by atoms with Crippen molar-refractivity contribution in [3.63, 3.8) is 0 Å². The minimum atomic E-state index is -0.925. The zero-order chi connectivity index (χ0) is 34.3. The van der Waals surface area contributed by atoms with E-state index in [1.807, 2.05) is 0 Å². The molecule has 0 atom stereocenters. The molecule has 8 nitrogen and oxygen atoms in total. The Labute approximate surface area is 281 Å². The Morgan fingerprint density at radius 1 is 0.419 bits per heavy atom. The van der Waals surface area contributed by atoms with E-state index in [0.29, 0.717) is 16.2 Å². The summed E-state index contributed by atoms with van der Waals surface area (Å²) in [4.78, 5) is 30.1. The Bertz CT molecular complexity index is 520. The third-order valence-corrected chi connectivity index (χ3v) is 5.42. The van der Waals surface area contributed by atoms with E-state index in [-0.39, 0.29) is 54.9 Å². The number of aliphatic carboxylic acids is 3. The summed E-state index contributed by atoms with van der Waals surface area (Å²) in [5.41, 5.74) is 1.13. The molecular weight excluding hydrogens is 717 g/mol. The van der Waals surface area contributed by atoms with Gasteiger partial charge in [0, 0.05) is 17.9 Å². The van der Waals surface area contributed by atoms with Gasteiger partial charge in [-0.25, -0.2) is 0 Å². The van der Waals surface area contributed by atoms with Gasteiger partial charge in [0.2, 0.25) is 0 Å². The zero-order valence-corrected chi connectivity index (χ0v) is 32.9. The Hall–Kier alpha value is -0.930. The second kappa shape index (κ2) is 35.5. The molecule has 0 aromatic rings. The maximum absolute atomic E-state index is 10.0. The maximum atomic E-state index is 10.0. The van der Waals surface area contributed by atoms with Crippen molar-refractivity contribution < 1.29 is 62.3 Å². The predicted octanol–water partition coefficient (Wildman–Crippen LogP) is 3.93. The number of unbranched alkanes of at least 4 members (excludes halogenated alkanes) is 6. The molecule has 256 valence electrons. The fourth-order valence-corrected chi connectivity index (χ4v) is 3.30. The number of carboxylic acid groups (broad SMARTS) is 3. The summed E-state index contributed by atoms with van der Waals surface area (Å²) in [6.07, 6.45) is 12.8. The fraction of sp³-hybridized carbons (Fsp3) is 0.912. The summed E-state index contributed by atoms with van der Waals surface area (Å²) < 4.78 is 0. The first-order valence-electron chi connectivity index (χ1n) is 15.8. The summed E-state index contributed by atoms with van der Waals surface area (Å²) in [5, 5.41) is 48.0. The van der Waals surface area contributed by atoms with Crippen LogP contribution >= 0.6 is 0 Å². The van der Waals surface area contributed by atoms with Gasteiger partial charge in [-0.1, -0.05) is 115 Å². The van der Waals surface area contributed by atoms with Gasteiger partial charge in [0.05, 0.1) is 0 Å². The van der Waals surface area contributed by atoms with Crippen molar-refractivity contribution in [3.05, 3.63) is 0 Å². The Balaban J connectivity index is -0.000000108. The number of hydrogen-bond acceptors (Lipinski definition) is 8.